The molecule has 0 radical (unpaired) electrons. The molecule has 1 aromatic rings. The zero-order valence-electron chi connectivity index (χ0n) is 12.1. The van der Waals surface area contributed by atoms with Gasteiger partial charge >= 0.3 is 0 Å². The molecule has 0 amide bonds. The molecule has 0 aromatic heterocycles. The van der Waals surface area contributed by atoms with Crippen molar-refractivity contribution in [3.63, 3.8) is 0 Å². The quantitative estimate of drug-likeness (QED) is 0.375. The van der Waals surface area contributed by atoms with Gasteiger partial charge in [0, 0.05) is 36.2 Å². The average Bonchev–Trinajstić information content (AvgIpc) is 2.36. The Bertz CT molecular complexity index is 513. The Hall–Kier alpha value is -2.06. The summed E-state index contributed by atoms with van der Waals surface area (Å²) in [4.78, 5) is 10.4. The van der Waals surface area contributed by atoms with Crippen LogP contribution in [0.5, 0.6) is 5.75 Å². The highest BCUT2D eigenvalue weighted by molar-refractivity contribution is 5.43. The summed E-state index contributed by atoms with van der Waals surface area (Å²) < 4.78 is 5.57. The van der Waals surface area contributed by atoms with Crippen molar-refractivity contribution in [3.8, 4) is 18.1 Å². The number of non-ortho nitro benzene ring substituents is 1. The third-order valence-corrected chi connectivity index (χ3v) is 2.57. The number of nitro groups is 1. The maximum absolute atomic E-state index is 10.8. The van der Waals surface area contributed by atoms with Crippen LogP contribution in [0.3, 0.4) is 0 Å². The maximum Gasteiger partial charge on any atom is 0.270 e. The number of nitrogens with zero attached hydrogens (tertiary/aromatic N) is 1. The normalized spacial score (nSPS) is 10.9. The molecule has 5 heteroatoms. The third kappa shape index (κ3) is 5.29. The Kier molecular flexibility index (Phi) is 5.53. The molecule has 0 saturated carbocycles. The van der Waals surface area contributed by atoms with Gasteiger partial charge in [-0.2, -0.15) is 0 Å². The van der Waals surface area contributed by atoms with Gasteiger partial charge in [-0.15, -0.1) is 12.3 Å². The maximum atomic E-state index is 10.8. The van der Waals surface area contributed by atoms with Crippen molar-refractivity contribution in [2.24, 2.45) is 0 Å². The van der Waals surface area contributed by atoms with Crippen LogP contribution in [0.2, 0.25) is 0 Å². The van der Waals surface area contributed by atoms with Gasteiger partial charge < -0.3 is 10.1 Å². The van der Waals surface area contributed by atoms with Crippen LogP contribution in [-0.4, -0.2) is 17.1 Å². The van der Waals surface area contributed by atoms with E-state index in [1.165, 1.54) is 12.1 Å². The standard InChI is InChI=1S/C15H20N2O3/c1-5-6-9-20-14-8-7-13(17(18)19)10-12(14)11-16-15(2,3)4/h1,7-8,10,16H,6,9,11H2,2-4H3. The van der Waals surface area contributed by atoms with Crippen molar-refractivity contribution in [2.75, 3.05) is 6.61 Å². The second-order valence-corrected chi connectivity index (χ2v) is 5.46. The second-order valence-electron chi connectivity index (χ2n) is 5.46. The van der Waals surface area contributed by atoms with Gasteiger partial charge in [0.05, 0.1) is 11.5 Å². The Morgan fingerprint density at radius 3 is 2.70 bits per heavy atom. The molecule has 0 saturated heterocycles. The lowest BCUT2D eigenvalue weighted by Gasteiger charge is -2.21. The first kappa shape index (κ1) is 16.0. The van der Waals surface area contributed by atoms with Gasteiger partial charge in [0.2, 0.25) is 0 Å². The average molecular weight is 276 g/mol. The third-order valence-electron chi connectivity index (χ3n) is 2.57. The van der Waals surface area contributed by atoms with E-state index in [9.17, 15) is 10.1 Å². The lowest BCUT2D eigenvalue weighted by atomic mass is 10.1. The molecular weight excluding hydrogens is 256 g/mol. The van der Waals surface area contributed by atoms with Gasteiger partial charge in [-0.25, -0.2) is 0 Å². The fraction of sp³-hybridized carbons (Fsp3) is 0.467. The summed E-state index contributed by atoms with van der Waals surface area (Å²) in [6.45, 7) is 6.99. The van der Waals surface area contributed by atoms with Crippen LogP contribution < -0.4 is 10.1 Å². The van der Waals surface area contributed by atoms with Gasteiger partial charge in [0.15, 0.2) is 0 Å². The van der Waals surface area contributed by atoms with E-state index in [2.05, 4.69) is 11.2 Å². The van der Waals surface area contributed by atoms with Crippen LogP contribution in [0.15, 0.2) is 18.2 Å². The number of terminal acetylenes is 1. The van der Waals surface area contributed by atoms with E-state index in [-0.39, 0.29) is 11.2 Å². The molecular formula is C15H20N2O3. The van der Waals surface area contributed by atoms with Gasteiger partial charge in [-0.05, 0) is 26.8 Å². The molecule has 1 aromatic carbocycles. The second kappa shape index (κ2) is 6.92. The van der Waals surface area contributed by atoms with E-state index < -0.39 is 4.92 Å². The van der Waals surface area contributed by atoms with Gasteiger partial charge in [-0.3, -0.25) is 10.1 Å². The predicted octanol–water partition coefficient (Wildman–Crippen LogP) is 2.89. The fourth-order valence-corrected chi connectivity index (χ4v) is 1.54. The minimum atomic E-state index is -0.411. The summed E-state index contributed by atoms with van der Waals surface area (Å²) in [6, 6.07) is 4.59. The molecule has 0 aliphatic heterocycles. The molecule has 0 bridgehead atoms. The summed E-state index contributed by atoms with van der Waals surface area (Å²) in [5.41, 5.74) is 0.729. The number of nitro benzene ring substituents is 1. The molecule has 20 heavy (non-hydrogen) atoms. The highest BCUT2D eigenvalue weighted by atomic mass is 16.6. The van der Waals surface area contributed by atoms with E-state index in [1.54, 1.807) is 6.07 Å². The molecule has 0 aliphatic rings. The number of benzene rings is 1. The Morgan fingerprint density at radius 2 is 2.15 bits per heavy atom. The molecule has 0 spiro atoms. The van der Waals surface area contributed by atoms with Gasteiger partial charge in [0.1, 0.15) is 5.75 Å². The molecule has 0 fully saturated rings. The number of nitrogens with one attached hydrogen (secondary N) is 1. The highest BCUT2D eigenvalue weighted by Gasteiger charge is 2.14. The minimum Gasteiger partial charge on any atom is -0.492 e. The molecule has 108 valence electrons. The molecule has 0 unspecified atom stereocenters. The smallest absolute Gasteiger partial charge is 0.270 e. The molecule has 5 nitrogen and oxygen atoms in total. The van der Waals surface area contributed by atoms with E-state index in [0.29, 0.717) is 25.3 Å². The summed E-state index contributed by atoms with van der Waals surface area (Å²) in [6.07, 6.45) is 5.68. The van der Waals surface area contributed by atoms with E-state index in [4.69, 9.17) is 11.2 Å². The Morgan fingerprint density at radius 1 is 1.45 bits per heavy atom. The molecule has 0 atom stereocenters. The van der Waals surface area contributed by atoms with Crippen molar-refractivity contribution >= 4 is 5.69 Å². The topological polar surface area (TPSA) is 64.4 Å². The van der Waals surface area contributed by atoms with Crippen LogP contribution in [0, 0.1) is 22.5 Å². The minimum absolute atomic E-state index is 0.0556. The molecule has 1 rings (SSSR count). The van der Waals surface area contributed by atoms with Crippen LogP contribution in [0.1, 0.15) is 32.8 Å². The first-order chi connectivity index (χ1) is 9.33. The molecule has 0 aliphatic carbocycles. The van der Waals surface area contributed by atoms with E-state index in [0.717, 1.165) is 5.56 Å². The van der Waals surface area contributed by atoms with Crippen molar-refractivity contribution < 1.29 is 9.66 Å². The van der Waals surface area contributed by atoms with E-state index in [1.807, 2.05) is 20.8 Å². The lowest BCUT2D eigenvalue weighted by molar-refractivity contribution is -0.384. The summed E-state index contributed by atoms with van der Waals surface area (Å²) in [5, 5.41) is 14.1. The Balaban J connectivity index is 2.91. The van der Waals surface area contributed by atoms with Crippen molar-refractivity contribution in [1.29, 1.82) is 0 Å². The molecule has 0 heterocycles. The first-order valence-corrected chi connectivity index (χ1v) is 6.42. The predicted molar refractivity (Wildman–Crippen MR) is 78.6 cm³/mol. The van der Waals surface area contributed by atoms with Crippen LogP contribution >= 0.6 is 0 Å². The summed E-state index contributed by atoms with van der Waals surface area (Å²) in [7, 11) is 0. The van der Waals surface area contributed by atoms with Gasteiger partial charge in [-0.1, -0.05) is 0 Å². The summed E-state index contributed by atoms with van der Waals surface area (Å²) in [5.74, 6) is 3.12. The number of hydrogen-bond donors (Lipinski definition) is 1. The number of hydrogen-bond acceptors (Lipinski definition) is 4. The fourth-order valence-electron chi connectivity index (χ4n) is 1.54. The van der Waals surface area contributed by atoms with E-state index >= 15 is 0 Å². The number of ether oxygens (including phenoxy) is 1. The largest absolute Gasteiger partial charge is 0.492 e. The van der Waals surface area contributed by atoms with Crippen LogP contribution in [0.25, 0.3) is 0 Å². The monoisotopic (exact) mass is 276 g/mol. The first-order valence-electron chi connectivity index (χ1n) is 6.42. The van der Waals surface area contributed by atoms with Crippen LogP contribution in [-0.2, 0) is 6.54 Å². The number of rotatable bonds is 6. The highest BCUT2D eigenvalue weighted by Crippen LogP contribution is 2.25. The van der Waals surface area contributed by atoms with Crippen molar-refractivity contribution in [3.05, 3.63) is 33.9 Å². The van der Waals surface area contributed by atoms with Gasteiger partial charge in [0.25, 0.3) is 5.69 Å². The summed E-state index contributed by atoms with van der Waals surface area (Å²) >= 11 is 0. The Labute approximate surface area is 119 Å². The zero-order chi connectivity index (χ0) is 15.2. The molecule has 1 N–H and O–H groups in total. The van der Waals surface area contributed by atoms with Crippen molar-refractivity contribution in [1.82, 2.24) is 5.32 Å². The zero-order valence-corrected chi connectivity index (χ0v) is 12.1. The van der Waals surface area contributed by atoms with Crippen LogP contribution in [0.4, 0.5) is 5.69 Å². The SMILES string of the molecule is C#CCCOc1ccc([N+](=O)[O-])cc1CNC(C)(C)C. The van der Waals surface area contributed by atoms with Crippen molar-refractivity contribution in [2.45, 2.75) is 39.3 Å². The lowest BCUT2D eigenvalue weighted by Crippen LogP contribution is -2.35.